The summed E-state index contributed by atoms with van der Waals surface area (Å²) in [5.74, 6) is 0.221. The molecule has 0 aliphatic rings. The first-order chi connectivity index (χ1) is 18.1. The van der Waals surface area contributed by atoms with E-state index < -0.39 is 0 Å². The number of rotatable bonds is 7. The molecule has 0 saturated carbocycles. The van der Waals surface area contributed by atoms with Gasteiger partial charge in [-0.3, -0.25) is 4.79 Å². The quantitative estimate of drug-likeness (QED) is 0.176. The fourth-order valence-corrected chi connectivity index (χ4v) is 4.27. The predicted octanol–water partition coefficient (Wildman–Crippen LogP) is 7.55. The Balaban J connectivity index is 1.38. The summed E-state index contributed by atoms with van der Waals surface area (Å²) in [6, 6.07) is 31.7. The monoisotopic (exact) mass is 525 g/mol. The van der Waals surface area contributed by atoms with E-state index in [1.807, 2.05) is 78.9 Å². The molecular weight excluding hydrogens is 505 g/mol. The van der Waals surface area contributed by atoms with E-state index in [0.29, 0.717) is 39.2 Å². The second-order valence-electron chi connectivity index (χ2n) is 8.24. The highest BCUT2D eigenvalue weighted by Crippen LogP contribution is 2.25. The van der Waals surface area contributed by atoms with Crippen LogP contribution in [0.1, 0.15) is 21.5 Å². The molecule has 1 N–H and O–H groups in total. The van der Waals surface area contributed by atoms with E-state index in [9.17, 15) is 4.79 Å². The standard InChI is InChI=1S/C30H21Cl2N3O2/c31-23-10-6-7-20(15-23)19-37-29-14-13-24(32)16-22(29)18-33-35-30(36)26-17-28(21-8-2-1-3-9-21)34-27-12-5-4-11-25(26)27/h1-18H,19H2,(H,35,36)/b33-18-. The number of pyridine rings is 1. The first kappa shape index (κ1) is 24.5. The van der Waals surface area contributed by atoms with Gasteiger partial charge in [-0.2, -0.15) is 5.10 Å². The minimum absolute atomic E-state index is 0.320. The number of fused-ring (bicyclic) bond motifs is 1. The van der Waals surface area contributed by atoms with Gasteiger partial charge in [0.2, 0.25) is 0 Å². The molecule has 7 heteroatoms. The van der Waals surface area contributed by atoms with Crippen LogP contribution in [0.4, 0.5) is 0 Å². The second kappa shape index (κ2) is 11.2. The zero-order chi connectivity index (χ0) is 25.6. The molecule has 37 heavy (non-hydrogen) atoms. The molecule has 5 rings (SSSR count). The SMILES string of the molecule is O=C(N/N=C\c1cc(Cl)ccc1OCc1cccc(Cl)c1)c1cc(-c2ccccc2)nc2ccccc12. The van der Waals surface area contributed by atoms with Gasteiger partial charge in [0.15, 0.2) is 0 Å². The summed E-state index contributed by atoms with van der Waals surface area (Å²) in [7, 11) is 0. The third-order valence-corrected chi connectivity index (χ3v) is 6.13. The Kier molecular flexibility index (Phi) is 7.45. The van der Waals surface area contributed by atoms with Crippen molar-refractivity contribution < 1.29 is 9.53 Å². The fourth-order valence-electron chi connectivity index (χ4n) is 3.88. The number of aromatic nitrogens is 1. The van der Waals surface area contributed by atoms with Gasteiger partial charge in [-0.25, -0.2) is 10.4 Å². The van der Waals surface area contributed by atoms with Crippen molar-refractivity contribution in [1.82, 2.24) is 10.4 Å². The number of hydrogen-bond acceptors (Lipinski definition) is 4. The lowest BCUT2D eigenvalue weighted by molar-refractivity contribution is 0.0956. The van der Waals surface area contributed by atoms with Gasteiger partial charge in [0.05, 0.1) is 23.0 Å². The molecule has 4 aromatic carbocycles. The van der Waals surface area contributed by atoms with Crippen LogP contribution in [0.5, 0.6) is 5.75 Å². The minimum atomic E-state index is -0.351. The van der Waals surface area contributed by atoms with E-state index in [0.717, 1.165) is 22.0 Å². The zero-order valence-corrected chi connectivity index (χ0v) is 21.1. The van der Waals surface area contributed by atoms with Gasteiger partial charge in [0.25, 0.3) is 5.91 Å². The number of halogens is 2. The Morgan fingerprint density at radius 2 is 1.65 bits per heavy atom. The van der Waals surface area contributed by atoms with Crippen molar-refractivity contribution in [3.63, 3.8) is 0 Å². The lowest BCUT2D eigenvalue weighted by Gasteiger charge is -2.10. The lowest BCUT2D eigenvalue weighted by Crippen LogP contribution is -2.18. The van der Waals surface area contributed by atoms with Crippen molar-refractivity contribution in [2.75, 3.05) is 0 Å². The molecule has 0 aliphatic heterocycles. The minimum Gasteiger partial charge on any atom is -0.488 e. The Morgan fingerprint density at radius 3 is 2.49 bits per heavy atom. The summed E-state index contributed by atoms with van der Waals surface area (Å²) in [6.45, 7) is 0.320. The van der Waals surface area contributed by atoms with Crippen LogP contribution in [-0.4, -0.2) is 17.1 Å². The molecule has 0 spiro atoms. The van der Waals surface area contributed by atoms with Gasteiger partial charge >= 0.3 is 0 Å². The first-order valence-corrected chi connectivity index (χ1v) is 12.3. The van der Waals surface area contributed by atoms with Crippen LogP contribution in [0.15, 0.2) is 108 Å². The molecule has 0 fully saturated rings. The Hall–Kier alpha value is -4.19. The maximum absolute atomic E-state index is 13.2. The van der Waals surface area contributed by atoms with Crippen LogP contribution >= 0.6 is 23.2 Å². The number of para-hydroxylation sites is 1. The molecule has 182 valence electrons. The molecule has 5 aromatic rings. The summed E-state index contributed by atoms with van der Waals surface area (Å²) in [4.78, 5) is 17.9. The van der Waals surface area contributed by atoms with Crippen LogP contribution in [0.2, 0.25) is 10.0 Å². The first-order valence-electron chi connectivity index (χ1n) is 11.5. The van der Waals surface area contributed by atoms with Crippen LogP contribution in [0.25, 0.3) is 22.2 Å². The van der Waals surface area contributed by atoms with E-state index >= 15 is 0 Å². The van der Waals surface area contributed by atoms with Crippen molar-refractivity contribution in [3.05, 3.63) is 130 Å². The highest BCUT2D eigenvalue weighted by molar-refractivity contribution is 6.31. The molecular formula is C30H21Cl2N3O2. The van der Waals surface area contributed by atoms with Gasteiger partial charge in [-0.05, 0) is 48.0 Å². The molecule has 1 heterocycles. The largest absolute Gasteiger partial charge is 0.488 e. The molecule has 0 radical (unpaired) electrons. The number of benzene rings is 4. The second-order valence-corrected chi connectivity index (χ2v) is 9.11. The molecule has 0 saturated heterocycles. The number of nitrogens with zero attached hydrogens (tertiary/aromatic N) is 2. The van der Waals surface area contributed by atoms with Crippen molar-refractivity contribution >= 4 is 46.2 Å². The summed E-state index contributed by atoms with van der Waals surface area (Å²) < 4.78 is 5.97. The van der Waals surface area contributed by atoms with Gasteiger partial charge < -0.3 is 4.74 Å². The fraction of sp³-hybridized carbons (Fsp3) is 0.0333. The summed E-state index contributed by atoms with van der Waals surface area (Å²) in [5, 5.41) is 6.10. The molecule has 1 aromatic heterocycles. The third-order valence-electron chi connectivity index (χ3n) is 5.66. The van der Waals surface area contributed by atoms with Crippen LogP contribution in [0, 0.1) is 0 Å². The number of amides is 1. The van der Waals surface area contributed by atoms with Gasteiger partial charge in [-0.15, -0.1) is 0 Å². The predicted molar refractivity (Wildman–Crippen MR) is 149 cm³/mol. The zero-order valence-electron chi connectivity index (χ0n) is 19.6. The van der Waals surface area contributed by atoms with E-state index in [4.69, 9.17) is 32.9 Å². The maximum atomic E-state index is 13.2. The van der Waals surface area contributed by atoms with Crippen LogP contribution < -0.4 is 10.2 Å². The number of carbonyl (C=O) groups is 1. The van der Waals surface area contributed by atoms with Crippen LogP contribution in [-0.2, 0) is 6.61 Å². The number of nitrogens with one attached hydrogen (secondary N) is 1. The average Bonchev–Trinajstić information content (AvgIpc) is 2.92. The van der Waals surface area contributed by atoms with Crippen molar-refractivity contribution in [3.8, 4) is 17.0 Å². The van der Waals surface area contributed by atoms with E-state index in [-0.39, 0.29) is 5.91 Å². The van der Waals surface area contributed by atoms with E-state index in [2.05, 4.69) is 10.5 Å². The summed E-state index contributed by atoms with van der Waals surface area (Å²) in [5.41, 5.74) is 7.02. The lowest BCUT2D eigenvalue weighted by atomic mass is 10.0. The maximum Gasteiger partial charge on any atom is 0.272 e. The third kappa shape index (κ3) is 5.97. The number of carbonyl (C=O) groups excluding carboxylic acids is 1. The van der Waals surface area contributed by atoms with Gasteiger partial charge in [0.1, 0.15) is 12.4 Å². The Labute approximate surface area is 224 Å². The Morgan fingerprint density at radius 1 is 0.865 bits per heavy atom. The topological polar surface area (TPSA) is 63.6 Å². The molecule has 5 nitrogen and oxygen atoms in total. The molecule has 1 amide bonds. The Bertz CT molecular complexity index is 1600. The molecule has 0 bridgehead atoms. The number of ether oxygens (including phenoxy) is 1. The van der Waals surface area contributed by atoms with E-state index in [1.165, 1.54) is 6.21 Å². The van der Waals surface area contributed by atoms with Gasteiger partial charge in [0, 0.05) is 26.6 Å². The molecule has 0 aliphatic carbocycles. The normalized spacial score (nSPS) is 11.1. The highest BCUT2D eigenvalue weighted by Gasteiger charge is 2.14. The van der Waals surface area contributed by atoms with Crippen LogP contribution in [0.3, 0.4) is 0 Å². The van der Waals surface area contributed by atoms with Crippen molar-refractivity contribution in [2.45, 2.75) is 6.61 Å². The molecule has 0 unspecified atom stereocenters. The van der Waals surface area contributed by atoms with Crippen molar-refractivity contribution in [2.24, 2.45) is 5.10 Å². The molecule has 0 atom stereocenters. The highest BCUT2D eigenvalue weighted by atomic mass is 35.5. The number of hydrazone groups is 1. The number of hydrogen-bond donors (Lipinski definition) is 1. The van der Waals surface area contributed by atoms with Gasteiger partial charge in [-0.1, -0.05) is 83.9 Å². The smallest absolute Gasteiger partial charge is 0.272 e. The average molecular weight is 526 g/mol. The van der Waals surface area contributed by atoms with Crippen molar-refractivity contribution in [1.29, 1.82) is 0 Å². The summed E-state index contributed by atoms with van der Waals surface area (Å²) in [6.07, 6.45) is 1.51. The van der Waals surface area contributed by atoms with E-state index in [1.54, 1.807) is 24.3 Å². The summed E-state index contributed by atoms with van der Waals surface area (Å²) >= 11 is 12.3.